The molecule has 0 radical (unpaired) electrons. The molecule has 0 aliphatic carbocycles. The van der Waals surface area contributed by atoms with Crippen molar-refractivity contribution < 1.29 is 0 Å². The van der Waals surface area contributed by atoms with Crippen LogP contribution in [0.4, 0.5) is 0 Å². The lowest BCUT2D eigenvalue weighted by molar-refractivity contribution is 0.135. The average molecular weight is 429 g/mol. The molecule has 2 aliphatic rings. The van der Waals surface area contributed by atoms with Crippen molar-refractivity contribution >= 4 is 24.0 Å². The van der Waals surface area contributed by atoms with Gasteiger partial charge < -0.3 is 0 Å². The van der Waals surface area contributed by atoms with E-state index in [0.29, 0.717) is 23.9 Å². The van der Waals surface area contributed by atoms with Gasteiger partial charge >= 0.3 is 0 Å². The highest BCUT2D eigenvalue weighted by atomic mass is 35.5. The molecule has 29 heavy (non-hydrogen) atoms. The first kappa shape index (κ1) is 20.4. The number of hydrogen-bond acceptors (Lipinski definition) is 3. The summed E-state index contributed by atoms with van der Waals surface area (Å²) in [5.74, 6) is 0.835. The van der Waals surface area contributed by atoms with Crippen molar-refractivity contribution in [1.82, 2.24) is 19.9 Å². The molecule has 4 atom stereocenters. The molecule has 2 aromatic carbocycles. The first-order chi connectivity index (χ1) is 13.7. The first-order valence-electron chi connectivity index (χ1n) is 10.1. The first-order valence-corrected chi connectivity index (χ1v) is 10.5. The summed E-state index contributed by atoms with van der Waals surface area (Å²) in [4.78, 5) is 2.58. The molecule has 0 unspecified atom stereocenters. The number of likely N-dealkylation sites (N-methyl/N-ethyl adjacent to an activating group) is 1. The highest BCUT2D eigenvalue weighted by Gasteiger charge is 2.47. The number of benzene rings is 2. The summed E-state index contributed by atoms with van der Waals surface area (Å²) < 4.78 is 1.98. The van der Waals surface area contributed by atoms with E-state index in [1.54, 1.807) is 0 Å². The summed E-state index contributed by atoms with van der Waals surface area (Å²) in [6, 6.07) is 20.1. The Morgan fingerprint density at radius 3 is 2.55 bits per heavy atom. The van der Waals surface area contributed by atoms with Gasteiger partial charge in [0.1, 0.15) is 0 Å². The Kier molecular flexibility index (Phi) is 5.95. The smallest absolute Gasteiger partial charge is 0.0879 e. The monoisotopic (exact) mass is 428 g/mol. The molecule has 1 aromatic heterocycles. The van der Waals surface area contributed by atoms with Gasteiger partial charge in [-0.05, 0) is 55.5 Å². The maximum Gasteiger partial charge on any atom is 0.0879 e. The topological polar surface area (TPSA) is 34.0 Å². The van der Waals surface area contributed by atoms with E-state index in [0.717, 1.165) is 17.3 Å². The van der Waals surface area contributed by atoms with Crippen LogP contribution in [0.25, 0.3) is 0 Å². The second kappa shape index (κ2) is 8.47. The van der Waals surface area contributed by atoms with Crippen molar-refractivity contribution in [3.63, 3.8) is 0 Å². The van der Waals surface area contributed by atoms with Crippen LogP contribution >= 0.6 is 24.0 Å². The summed E-state index contributed by atoms with van der Waals surface area (Å²) >= 11 is 6.14. The van der Waals surface area contributed by atoms with Gasteiger partial charge in [0, 0.05) is 29.2 Å². The predicted octanol–water partition coefficient (Wildman–Crippen LogP) is 5.14. The van der Waals surface area contributed by atoms with Crippen LogP contribution < -0.4 is 0 Å². The number of fused-ring (bicyclic) bond motifs is 2. The Hall–Kier alpha value is -1.88. The van der Waals surface area contributed by atoms with E-state index in [2.05, 4.69) is 64.9 Å². The zero-order chi connectivity index (χ0) is 19.1. The third-order valence-corrected chi connectivity index (χ3v) is 6.90. The molecule has 2 aliphatic heterocycles. The second-order valence-corrected chi connectivity index (χ2v) is 8.65. The van der Waals surface area contributed by atoms with Gasteiger partial charge in [-0.15, -0.1) is 17.5 Å². The van der Waals surface area contributed by atoms with Crippen LogP contribution in [0.3, 0.4) is 0 Å². The molecule has 0 amide bonds. The van der Waals surface area contributed by atoms with Crippen molar-refractivity contribution in [3.8, 4) is 0 Å². The van der Waals surface area contributed by atoms with E-state index in [1.807, 2.05) is 22.9 Å². The molecule has 0 spiro atoms. The molecule has 152 valence electrons. The van der Waals surface area contributed by atoms with Crippen LogP contribution in [-0.4, -0.2) is 39.0 Å². The largest absolute Gasteiger partial charge is 0.300 e. The standard InChI is InChI=1S/C23H25ClN4.ClH/c1-27-19-11-12-22(27)23(20(13-19)17-7-9-18(24)10-8-17)21-15-28(26-25-21)14-16-5-3-2-4-6-16;/h2-10,15,19-20,22-23H,11-14H2,1H3;1H/t19-,20+,22+,23+;/m0./s1. The zero-order valence-corrected chi connectivity index (χ0v) is 18.1. The number of rotatable bonds is 4. The third-order valence-electron chi connectivity index (χ3n) is 6.65. The molecule has 4 nitrogen and oxygen atoms in total. The fraction of sp³-hybridized carbons (Fsp3) is 0.391. The summed E-state index contributed by atoms with van der Waals surface area (Å²) in [6.45, 7) is 0.759. The van der Waals surface area contributed by atoms with Gasteiger partial charge in [-0.3, -0.25) is 4.90 Å². The van der Waals surface area contributed by atoms with Crippen LogP contribution in [-0.2, 0) is 6.54 Å². The highest BCUT2D eigenvalue weighted by molar-refractivity contribution is 6.30. The number of piperidine rings is 1. The van der Waals surface area contributed by atoms with Gasteiger partial charge in [0.2, 0.25) is 0 Å². The van der Waals surface area contributed by atoms with Gasteiger partial charge in [-0.2, -0.15) is 0 Å². The van der Waals surface area contributed by atoms with Crippen molar-refractivity contribution in [2.24, 2.45) is 0 Å². The lowest BCUT2D eigenvalue weighted by Gasteiger charge is -2.42. The average Bonchev–Trinajstić information content (AvgIpc) is 3.25. The molecule has 6 heteroatoms. The van der Waals surface area contributed by atoms with Crippen molar-refractivity contribution in [1.29, 1.82) is 0 Å². The normalized spacial score (nSPS) is 26.3. The minimum atomic E-state index is 0. The molecule has 0 N–H and O–H groups in total. The van der Waals surface area contributed by atoms with Crippen LogP contribution in [0, 0.1) is 0 Å². The summed E-state index contributed by atoms with van der Waals surface area (Å²) in [5, 5.41) is 9.90. The van der Waals surface area contributed by atoms with Gasteiger partial charge in [-0.25, -0.2) is 4.68 Å². The lowest BCUT2D eigenvalue weighted by Crippen LogP contribution is -2.44. The molecule has 3 heterocycles. The van der Waals surface area contributed by atoms with E-state index in [1.165, 1.54) is 30.4 Å². The van der Waals surface area contributed by atoms with Gasteiger partial charge in [0.25, 0.3) is 0 Å². The molecular weight excluding hydrogens is 403 g/mol. The number of nitrogens with zero attached hydrogens (tertiary/aromatic N) is 4. The van der Waals surface area contributed by atoms with Crippen LogP contribution in [0.5, 0.6) is 0 Å². The van der Waals surface area contributed by atoms with Gasteiger partial charge in [0.15, 0.2) is 0 Å². The molecule has 3 aromatic rings. The molecule has 2 fully saturated rings. The van der Waals surface area contributed by atoms with E-state index in [9.17, 15) is 0 Å². The molecule has 0 saturated carbocycles. The lowest BCUT2D eigenvalue weighted by atomic mass is 9.75. The van der Waals surface area contributed by atoms with Crippen molar-refractivity contribution in [2.45, 2.75) is 49.7 Å². The Bertz CT molecular complexity index is 941. The van der Waals surface area contributed by atoms with E-state index < -0.39 is 0 Å². The number of hydrogen-bond donors (Lipinski definition) is 0. The van der Waals surface area contributed by atoms with Gasteiger partial charge in [-0.1, -0.05) is 59.3 Å². The Morgan fingerprint density at radius 2 is 1.79 bits per heavy atom. The van der Waals surface area contributed by atoms with Crippen LogP contribution in [0.2, 0.25) is 5.02 Å². The Morgan fingerprint density at radius 1 is 1.03 bits per heavy atom. The predicted molar refractivity (Wildman–Crippen MR) is 119 cm³/mol. The fourth-order valence-corrected chi connectivity index (χ4v) is 5.36. The third kappa shape index (κ3) is 3.94. The molecule has 2 saturated heterocycles. The minimum absolute atomic E-state index is 0. The quantitative estimate of drug-likeness (QED) is 0.576. The number of halogens is 2. The minimum Gasteiger partial charge on any atom is -0.300 e. The van der Waals surface area contributed by atoms with Gasteiger partial charge in [0.05, 0.1) is 12.2 Å². The summed E-state index contributed by atoms with van der Waals surface area (Å²) in [7, 11) is 2.28. The number of aromatic nitrogens is 3. The Balaban J connectivity index is 0.00000205. The summed E-state index contributed by atoms with van der Waals surface area (Å²) in [5.41, 5.74) is 3.74. The summed E-state index contributed by atoms with van der Waals surface area (Å²) in [6.07, 6.45) is 5.85. The van der Waals surface area contributed by atoms with Crippen molar-refractivity contribution in [2.75, 3.05) is 7.05 Å². The maximum atomic E-state index is 6.14. The maximum absolute atomic E-state index is 6.14. The Labute approximate surface area is 183 Å². The highest BCUT2D eigenvalue weighted by Crippen LogP contribution is 2.50. The zero-order valence-electron chi connectivity index (χ0n) is 16.5. The fourth-order valence-electron chi connectivity index (χ4n) is 5.24. The SMILES string of the molecule is CN1[C@H]2CC[C@@H]1[C@@H](c1cn(Cc3ccccc3)nn1)[C@@H](c1ccc(Cl)cc1)C2.Cl. The van der Waals surface area contributed by atoms with E-state index in [4.69, 9.17) is 11.6 Å². The van der Waals surface area contributed by atoms with Crippen LogP contribution in [0.1, 0.15) is 47.9 Å². The molecule has 5 rings (SSSR count). The second-order valence-electron chi connectivity index (χ2n) is 8.21. The molecular formula is C23H26Cl2N4. The van der Waals surface area contributed by atoms with E-state index >= 15 is 0 Å². The van der Waals surface area contributed by atoms with Crippen molar-refractivity contribution in [3.05, 3.63) is 82.6 Å². The van der Waals surface area contributed by atoms with Crippen LogP contribution in [0.15, 0.2) is 60.8 Å². The van der Waals surface area contributed by atoms with E-state index in [-0.39, 0.29) is 12.4 Å². The molecule has 2 bridgehead atoms.